The first-order valence-electron chi connectivity index (χ1n) is 5.45. The van der Waals surface area contributed by atoms with E-state index in [0.717, 1.165) is 13.0 Å². The van der Waals surface area contributed by atoms with E-state index in [1.54, 1.807) is 0 Å². The fourth-order valence-corrected chi connectivity index (χ4v) is 1.42. The number of hydrazine groups is 1. The van der Waals surface area contributed by atoms with Gasteiger partial charge >= 0.3 is 6.09 Å². The summed E-state index contributed by atoms with van der Waals surface area (Å²) in [5.74, 6) is 0. The van der Waals surface area contributed by atoms with Crippen molar-refractivity contribution in [3.05, 3.63) is 0 Å². The molecular weight excluding hydrogens is 194 g/mol. The van der Waals surface area contributed by atoms with Gasteiger partial charge in [-0.25, -0.2) is 10.2 Å². The van der Waals surface area contributed by atoms with E-state index in [4.69, 9.17) is 4.74 Å². The maximum Gasteiger partial charge on any atom is 0.422 e. The Labute approximate surface area is 90.9 Å². The van der Waals surface area contributed by atoms with Crippen LogP contribution < -0.4 is 16.2 Å². The molecule has 1 aliphatic heterocycles. The van der Waals surface area contributed by atoms with E-state index in [2.05, 4.69) is 16.2 Å². The van der Waals surface area contributed by atoms with E-state index in [1.165, 1.54) is 12.8 Å². The lowest BCUT2D eigenvalue weighted by Gasteiger charge is -2.26. The molecule has 3 N–H and O–H groups in total. The fraction of sp³-hybridized carbons (Fsp3) is 0.900. The zero-order valence-electron chi connectivity index (χ0n) is 9.72. The third kappa shape index (κ3) is 5.59. The number of ether oxygens (including phenoxy) is 1. The Bertz CT molecular complexity index is 207. The molecule has 0 aromatic heterocycles. The van der Waals surface area contributed by atoms with E-state index in [0.29, 0.717) is 0 Å². The Morgan fingerprint density at radius 3 is 2.67 bits per heavy atom. The number of nitrogens with one attached hydrogen (secondary N) is 3. The van der Waals surface area contributed by atoms with Gasteiger partial charge in [0.1, 0.15) is 5.60 Å². The van der Waals surface area contributed by atoms with Crippen LogP contribution in [0.1, 0.15) is 40.0 Å². The van der Waals surface area contributed by atoms with Gasteiger partial charge in [-0.2, -0.15) is 0 Å². The molecule has 1 fully saturated rings. The molecule has 0 bridgehead atoms. The third-order valence-corrected chi connectivity index (χ3v) is 2.06. The summed E-state index contributed by atoms with van der Waals surface area (Å²) in [7, 11) is 0. The molecular formula is C10H21N3O2. The van der Waals surface area contributed by atoms with Gasteiger partial charge in [-0.15, -0.1) is 0 Å². The number of carbonyl (C=O) groups excluding carboxylic acids is 1. The summed E-state index contributed by atoms with van der Waals surface area (Å²) in [6.45, 7) is 6.51. The van der Waals surface area contributed by atoms with Gasteiger partial charge < -0.3 is 10.1 Å². The summed E-state index contributed by atoms with van der Waals surface area (Å²) in [6, 6.07) is 0. The minimum atomic E-state index is -0.453. The lowest BCUT2D eigenvalue weighted by Crippen LogP contribution is -2.53. The average Bonchev–Trinajstić information content (AvgIpc) is 2.14. The first-order valence-corrected chi connectivity index (χ1v) is 5.45. The second-order valence-corrected chi connectivity index (χ2v) is 4.77. The van der Waals surface area contributed by atoms with Crippen molar-refractivity contribution in [2.75, 3.05) is 6.54 Å². The van der Waals surface area contributed by atoms with Crippen molar-refractivity contribution in [3.8, 4) is 0 Å². The van der Waals surface area contributed by atoms with Crippen molar-refractivity contribution in [2.24, 2.45) is 0 Å². The number of hydrogen-bond acceptors (Lipinski definition) is 4. The molecule has 0 saturated carbocycles. The summed E-state index contributed by atoms with van der Waals surface area (Å²) in [5.41, 5.74) is 4.99. The maximum absolute atomic E-state index is 11.3. The molecule has 0 spiro atoms. The van der Waals surface area contributed by atoms with Gasteiger partial charge in [-0.05, 0) is 46.6 Å². The second-order valence-electron chi connectivity index (χ2n) is 4.77. The Balaban J connectivity index is 2.15. The van der Waals surface area contributed by atoms with Gasteiger partial charge in [0.05, 0.1) is 6.17 Å². The zero-order valence-corrected chi connectivity index (χ0v) is 9.72. The lowest BCUT2D eigenvalue weighted by atomic mass is 10.1. The van der Waals surface area contributed by atoms with Crippen LogP contribution in [0, 0.1) is 0 Å². The molecule has 0 aromatic rings. The molecule has 5 heteroatoms. The molecule has 1 atom stereocenters. The zero-order chi connectivity index (χ0) is 11.3. The van der Waals surface area contributed by atoms with E-state index in [1.807, 2.05) is 20.8 Å². The van der Waals surface area contributed by atoms with Crippen molar-refractivity contribution < 1.29 is 9.53 Å². The van der Waals surface area contributed by atoms with Crippen LogP contribution in [-0.4, -0.2) is 24.4 Å². The van der Waals surface area contributed by atoms with Crippen LogP contribution in [0.3, 0.4) is 0 Å². The second kappa shape index (κ2) is 5.32. The fourth-order valence-electron chi connectivity index (χ4n) is 1.42. The topological polar surface area (TPSA) is 62.4 Å². The van der Waals surface area contributed by atoms with Gasteiger partial charge in [-0.3, -0.25) is 5.43 Å². The van der Waals surface area contributed by atoms with E-state index < -0.39 is 11.7 Å². The Morgan fingerprint density at radius 2 is 2.13 bits per heavy atom. The van der Waals surface area contributed by atoms with Gasteiger partial charge in [0.25, 0.3) is 0 Å². The molecule has 5 nitrogen and oxygen atoms in total. The molecule has 1 rings (SSSR count). The van der Waals surface area contributed by atoms with Gasteiger partial charge in [0.2, 0.25) is 0 Å². The van der Waals surface area contributed by atoms with E-state index in [-0.39, 0.29) is 6.17 Å². The van der Waals surface area contributed by atoms with Crippen LogP contribution in [0.5, 0.6) is 0 Å². The third-order valence-electron chi connectivity index (χ3n) is 2.06. The smallest absolute Gasteiger partial charge is 0.422 e. The molecule has 15 heavy (non-hydrogen) atoms. The highest BCUT2D eigenvalue weighted by Gasteiger charge is 2.17. The predicted molar refractivity (Wildman–Crippen MR) is 58.1 cm³/mol. The predicted octanol–water partition coefficient (Wildman–Crippen LogP) is 1.12. The standard InChI is InChI=1S/C10H21N3O2/c1-10(2,3)15-9(14)13-12-8-6-4-5-7-11-8/h8,11-12H,4-7H2,1-3H3,(H,13,14). The number of amides is 1. The van der Waals surface area contributed by atoms with Crippen molar-refractivity contribution in [2.45, 2.75) is 51.8 Å². The highest BCUT2D eigenvalue weighted by atomic mass is 16.6. The minimum absolute atomic E-state index is 0.159. The Kier molecular flexibility index (Phi) is 4.35. The Hall–Kier alpha value is -0.810. The summed E-state index contributed by atoms with van der Waals surface area (Å²) in [4.78, 5) is 11.3. The van der Waals surface area contributed by atoms with Crippen LogP contribution in [0.4, 0.5) is 4.79 Å². The van der Waals surface area contributed by atoms with Gasteiger partial charge in [0, 0.05) is 0 Å². The van der Waals surface area contributed by atoms with Gasteiger partial charge in [-0.1, -0.05) is 0 Å². The highest BCUT2D eigenvalue weighted by molar-refractivity contribution is 5.66. The molecule has 0 aromatic carbocycles. The SMILES string of the molecule is CC(C)(C)OC(=O)NNC1CCCCN1. The van der Waals surface area contributed by atoms with Crippen LogP contribution >= 0.6 is 0 Å². The van der Waals surface area contributed by atoms with Crippen molar-refractivity contribution >= 4 is 6.09 Å². The quantitative estimate of drug-likeness (QED) is 0.604. The van der Waals surface area contributed by atoms with Crippen molar-refractivity contribution in [3.63, 3.8) is 0 Å². The molecule has 1 saturated heterocycles. The van der Waals surface area contributed by atoms with E-state index in [9.17, 15) is 4.79 Å². The van der Waals surface area contributed by atoms with Crippen LogP contribution in [0.15, 0.2) is 0 Å². The lowest BCUT2D eigenvalue weighted by molar-refractivity contribution is 0.0478. The summed E-state index contributed by atoms with van der Waals surface area (Å²) in [6.07, 6.45) is 3.13. The minimum Gasteiger partial charge on any atom is -0.443 e. The average molecular weight is 215 g/mol. The van der Waals surface area contributed by atoms with Crippen molar-refractivity contribution in [1.82, 2.24) is 16.2 Å². The normalized spacial score (nSPS) is 22.2. The van der Waals surface area contributed by atoms with Crippen molar-refractivity contribution in [1.29, 1.82) is 0 Å². The van der Waals surface area contributed by atoms with Crippen LogP contribution in [-0.2, 0) is 4.74 Å². The molecule has 1 heterocycles. The van der Waals surface area contributed by atoms with Crippen LogP contribution in [0.2, 0.25) is 0 Å². The molecule has 1 aliphatic rings. The summed E-state index contributed by atoms with van der Waals surface area (Å²) >= 11 is 0. The molecule has 88 valence electrons. The van der Waals surface area contributed by atoms with Crippen LogP contribution in [0.25, 0.3) is 0 Å². The number of carbonyl (C=O) groups is 1. The molecule has 0 radical (unpaired) electrons. The largest absolute Gasteiger partial charge is 0.443 e. The summed E-state index contributed by atoms with van der Waals surface area (Å²) in [5, 5.41) is 3.26. The van der Waals surface area contributed by atoms with Gasteiger partial charge in [0.15, 0.2) is 0 Å². The first kappa shape index (κ1) is 12.3. The highest BCUT2D eigenvalue weighted by Crippen LogP contribution is 2.06. The summed E-state index contributed by atoms with van der Waals surface area (Å²) < 4.78 is 5.09. The molecule has 0 aliphatic carbocycles. The first-order chi connectivity index (χ1) is 6.97. The van der Waals surface area contributed by atoms with E-state index >= 15 is 0 Å². The number of rotatable bonds is 2. The number of hydrogen-bond donors (Lipinski definition) is 3. The maximum atomic E-state index is 11.3. The molecule has 1 unspecified atom stereocenters. The Morgan fingerprint density at radius 1 is 1.40 bits per heavy atom. The number of piperidine rings is 1. The monoisotopic (exact) mass is 215 g/mol. The molecule has 1 amide bonds.